The van der Waals surface area contributed by atoms with Gasteiger partial charge in [0.2, 0.25) is 10.0 Å². The number of aliphatic carboxylic acids is 1. The number of nitrogens with zero attached hydrogens (tertiary/aromatic N) is 2. The van der Waals surface area contributed by atoms with Crippen molar-refractivity contribution in [1.29, 1.82) is 0 Å². The van der Waals surface area contributed by atoms with Crippen LogP contribution in [-0.2, 0) is 36.3 Å². The molecule has 0 unspecified atom stereocenters. The Hall–Kier alpha value is -3.12. The standard InChI is InChI=1S/C41H57ClN2O8S/c1-27(2)21-35-41(24-33(28(3)4)37(52-35)32-22-30(40(5,6)7)23-34(42)38(32)50-26-36(45)46)15-19-44(20-16-41)53(48,49)31-13-17-43(18-14-31)39(47)51-25-29-11-9-8-10-12-29/h8-12,22-23,27,31,33,35,37H,3,13-21,24-26H2,1-2,4-7H3,(H,45,46)/t33-,35+,37-/m0/s1. The monoisotopic (exact) mass is 772 g/mol. The second kappa shape index (κ2) is 16.7. The first-order valence-corrected chi connectivity index (χ1v) is 20.7. The van der Waals surface area contributed by atoms with E-state index >= 15 is 0 Å². The molecular formula is C41H57ClN2O8S. The van der Waals surface area contributed by atoms with Crippen LogP contribution in [0.1, 0.15) is 103 Å². The Morgan fingerprint density at radius 1 is 1.08 bits per heavy atom. The molecule has 3 heterocycles. The number of carbonyl (C=O) groups excluding carboxylic acids is 1. The minimum Gasteiger partial charge on any atom is -0.480 e. The summed E-state index contributed by atoms with van der Waals surface area (Å²) >= 11 is 6.83. The maximum absolute atomic E-state index is 14.0. The summed E-state index contributed by atoms with van der Waals surface area (Å²) in [5.41, 5.74) is 3.02. The fourth-order valence-corrected chi connectivity index (χ4v) is 10.4. The molecule has 1 amide bonds. The number of likely N-dealkylation sites (tertiary alicyclic amines) is 1. The zero-order valence-corrected chi connectivity index (χ0v) is 33.7. The molecule has 0 aromatic heterocycles. The molecule has 3 aliphatic rings. The number of ether oxygens (including phenoxy) is 3. The van der Waals surface area contributed by atoms with E-state index in [2.05, 4.69) is 41.2 Å². The molecule has 0 saturated carbocycles. The summed E-state index contributed by atoms with van der Waals surface area (Å²) in [5.74, 6) is -0.601. The first kappa shape index (κ1) is 41.1. The lowest BCUT2D eigenvalue weighted by atomic mass is 9.62. The smallest absolute Gasteiger partial charge is 0.410 e. The van der Waals surface area contributed by atoms with Gasteiger partial charge in [-0.15, -0.1) is 0 Å². The number of hydrogen-bond donors (Lipinski definition) is 1. The number of sulfonamides is 1. The number of carboxylic acids is 1. The van der Waals surface area contributed by atoms with Crippen LogP contribution in [0.4, 0.5) is 4.79 Å². The zero-order valence-electron chi connectivity index (χ0n) is 32.1. The molecule has 0 radical (unpaired) electrons. The Morgan fingerprint density at radius 3 is 2.28 bits per heavy atom. The number of hydrogen-bond acceptors (Lipinski definition) is 7. The van der Waals surface area contributed by atoms with Crippen molar-refractivity contribution in [2.45, 2.75) is 110 Å². The van der Waals surface area contributed by atoms with Gasteiger partial charge in [-0.3, -0.25) is 0 Å². The average molecular weight is 773 g/mol. The molecule has 3 fully saturated rings. The van der Waals surface area contributed by atoms with E-state index in [0.29, 0.717) is 68.6 Å². The number of carbonyl (C=O) groups is 2. The van der Waals surface area contributed by atoms with Crippen LogP contribution in [0.25, 0.3) is 0 Å². The molecule has 1 spiro atoms. The van der Waals surface area contributed by atoms with Crippen molar-refractivity contribution in [1.82, 2.24) is 9.21 Å². The van der Waals surface area contributed by atoms with Gasteiger partial charge in [0.1, 0.15) is 12.4 Å². The SMILES string of the molecule is C=C(C)[C@@H]1CC2(CCN(S(=O)(=O)C3CCN(C(=O)OCc4ccccc4)CC3)CC2)[C@@H](CC(C)C)O[C@H]1c1cc(C(C)(C)C)cc(Cl)c1OCC(=O)O. The molecule has 3 saturated heterocycles. The molecule has 0 bridgehead atoms. The third-order valence-corrected chi connectivity index (χ3v) is 14.0. The molecule has 5 rings (SSSR count). The minimum atomic E-state index is -3.59. The zero-order chi connectivity index (χ0) is 38.7. The van der Waals surface area contributed by atoms with E-state index in [9.17, 15) is 23.1 Å². The molecule has 0 aliphatic carbocycles. The van der Waals surface area contributed by atoms with E-state index < -0.39 is 40.0 Å². The number of rotatable bonds is 11. The number of amides is 1. The summed E-state index contributed by atoms with van der Waals surface area (Å²) in [6.45, 7) is 18.1. The van der Waals surface area contributed by atoms with Gasteiger partial charge in [0.05, 0.1) is 22.5 Å². The summed E-state index contributed by atoms with van der Waals surface area (Å²) in [6, 6.07) is 13.4. The van der Waals surface area contributed by atoms with Crippen molar-refractivity contribution in [2.24, 2.45) is 17.3 Å². The molecule has 3 atom stereocenters. The van der Waals surface area contributed by atoms with Crippen LogP contribution in [0.2, 0.25) is 5.02 Å². The van der Waals surface area contributed by atoms with Crippen molar-refractivity contribution in [2.75, 3.05) is 32.8 Å². The summed E-state index contributed by atoms with van der Waals surface area (Å²) in [7, 11) is -3.59. The fourth-order valence-electron chi connectivity index (χ4n) is 8.16. The quantitative estimate of drug-likeness (QED) is 0.226. The maximum Gasteiger partial charge on any atom is 0.410 e. The maximum atomic E-state index is 14.0. The van der Waals surface area contributed by atoms with Crippen molar-refractivity contribution in [3.8, 4) is 5.75 Å². The molecule has 3 aliphatic heterocycles. The Balaban J connectivity index is 1.32. The van der Waals surface area contributed by atoms with Gasteiger partial charge in [-0.25, -0.2) is 22.3 Å². The van der Waals surface area contributed by atoms with Gasteiger partial charge in [-0.1, -0.05) is 88.7 Å². The minimum absolute atomic E-state index is 0.133. The van der Waals surface area contributed by atoms with Gasteiger partial charge in [-0.05, 0) is 85.5 Å². The summed E-state index contributed by atoms with van der Waals surface area (Å²) in [4.78, 5) is 25.9. The van der Waals surface area contributed by atoms with Gasteiger partial charge >= 0.3 is 12.1 Å². The molecule has 292 valence electrons. The summed E-state index contributed by atoms with van der Waals surface area (Å²) in [6.07, 6.45) is 2.49. The fraction of sp³-hybridized carbons (Fsp3) is 0.610. The van der Waals surface area contributed by atoms with E-state index in [4.69, 9.17) is 25.8 Å². The van der Waals surface area contributed by atoms with Crippen molar-refractivity contribution in [3.05, 3.63) is 76.3 Å². The predicted molar refractivity (Wildman–Crippen MR) is 207 cm³/mol. The van der Waals surface area contributed by atoms with Crippen molar-refractivity contribution in [3.63, 3.8) is 0 Å². The van der Waals surface area contributed by atoms with Crippen molar-refractivity contribution < 1.29 is 37.3 Å². The van der Waals surface area contributed by atoms with Crippen LogP contribution >= 0.6 is 11.6 Å². The van der Waals surface area contributed by atoms with E-state index in [1.165, 1.54) is 0 Å². The molecule has 2 aromatic carbocycles. The van der Waals surface area contributed by atoms with Crippen LogP contribution < -0.4 is 4.74 Å². The Labute approximate surface area is 320 Å². The first-order chi connectivity index (χ1) is 24.9. The van der Waals surface area contributed by atoms with E-state index in [-0.39, 0.29) is 29.5 Å². The van der Waals surface area contributed by atoms with Gasteiger partial charge < -0.3 is 24.2 Å². The Morgan fingerprint density at radius 2 is 1.72 bits per heavy atom. The molecule has 1 N–H and O–H groups in total. The third-order valence-electron chi connectivity index (χ3n) is 11.3. The highest BCUT2D eigenvalue weighted by atomic mass is 35.5. The molecule has 2 aromatic rings. The highest BCUT2D eigenvalue weighted by Gasteiger charge is 2.52. The van der Waals surface area contributed by atoms with E-state index in [1.807, 2.05) is 49.4 Å². The van der Waals surface area contributed by atoms with Gasteiger partial charge in [-0.2, -0.15) is 0 Å². The largest absolute Gasteiger partial charge is 0.480 e. The third kappa shape index (κ3) is 9.58. The van der Waals surface area contributed by atoms with Gasteiger partial charge in [0.25, 0.3) is 0 Å². The number of halogens is 1. The number of piperidine rings is 2. The topological polar surface area (TPSA) is 123 Å². The summed E-state index contributed by atoms with van der Waals surface area (Å²) < 4.78 is 48.2. The predicted octanol–water partition coefficient (Wildman–Crippen LogP) is 8.38. The second-order valence-corrected chi connectivity index (χ2v) is 19.3. The highest BCUT2D eigenvalue weighted by Crippen LogP contribution is 2.56. The lowest BCUT2D eigenvalue weighted by Gasteiger charge is -2.54. The van der Waals surface area contributed by atoms with Crippen molar-refractivity contribution >= 4 is 33.7 Å². The number of benzene rings is 2. The summed E-state index contributed by atoms with van der Waals surface area (Å²) in [5, 5.41) is 9.25. The average Bonchev–Trinajstić information content (AvgIpc) is 3.10. The molecule has 53 heavy (non-hydrogen) atoms. The van der Waals surface area contributed by atoms with Gasteiger partial charge in [0, 0.05) is 37.7 Å². The molecular weight excluding hydrogens is 716 g/mol. The lowest BCUT2D eigenvalue weighted by molar-refractivity contribution is -0.173. The normalized spacial score (nSPS) is 22.9. The molecule has 10 nitrogen and oxygen atoms in total. The van der Waals surface area contributed by atoms with E-state index in [1.54, 1.807) is 9.21 Å². The number of carboxylic acid groups (broad SMARTS) is 1. The van der Waals surface area contributed by atoms with Gasteiger partial charge in [0.15, 0.2) is 6.61 Å². The molecule has 12 heteroatoms. The van der Waals surface area contributed by atoms with E-state index in [0.717, 1.165) is 35.1 Å². The second-order valence-electron chi connectivity index (χ2n) is 16.7. The van der Waals surface area contributed by atoms with Crippen LogP contribution in [-0.4, -0.2) is 78.9 Å². The Bertz CT molecular complexity index is 1730. The van der Waals surface area contributed by atoms with Crippen LogP contribution in [0.3, 0.4) is 0 Å². The van der Waals surface area contributed by atoms with Crippen LogP contribution in [0.15, 0.2) is 54.6 Å². The Kier molecular flexibility index (Phi) is 12.9. The first-order valence-electron chi connectivity index (χ1n) is 18.8. The van der Waals surface area contributed by atoms with Crippen LogP contribution in [0.5, 0.6) is 5.75 Å². The highest BCUT2D eigenvalue weighted by molar-refractivity contribution is 7.89. The lowest BCUT2D eigenvalue weighted by Crippen LogP contribution is -2.55. The van der Waals surface area contributed by atoms with Crippen LogP contribution in [0, 0.1) is 17.3 Å².